The molecule has 1 fully saturated rings. The van der Waals surface area contributed by atoms with Crippen molar-refractivity contribution < 1.29 is 9.47 Å². The van der Waals surface area contributed by atoms with Crippen LogP contribution in [0.15, 0.2) is 0 Å². The van der Waals surface area contributed by atoms with E-state index in [-0.39, 0.29) is 0 Å². The molecule has 4 heteroatoms. The summed E-state index contributed by atoms with van der Waals surface area (Å²) in [5, 5.41) is 0.931. The molecule has 1 aliphatic rings. The largest absolute Gasteiger partial charge is 0.380 e. The lowest BCUT2D eigenvalue weighted by molar-refractivity contribution is -0.0243. The number of morpholine rings is 1. The van der Waals surface area contributed by atoms with Crippen LogP contribution in [0.5, 0.6) is 0 Å². The van der Waals surface area contributed by atoms with Gasteiger partial charge in [-0.3, -0.25) is 4.90 Å². The number of alkyl halides is 1. The molecule has 0 radical (unpaired) electrons. The maximum atomic E-state index is 5.57. The first-order valence-corrected chi connectivity index (χ1v) is 6.96. The predicted molar refractivity (Wildman–Crippen MR) is 65.7 cm³/mol. The van der Waals surface area contributed by atoms with Crippen LogP contribution in [0.4, 0.5) is 0 Å². The van der Waals surface area contributed by atoms with E-state index in [0.717, 1.165) is 44.8 Å². The predicted octanol–water partition coefficient (Wildman–Crippen LogP) is 1.90. The monoisotopic (exact) mass is 279 g/mol. The minimum Gasteiger partial charge on any atom is -0.380 e. The van der Waals surface area contributed by atoms with Gasteiger partial charge in [0.25, 0.3) is 0 Å². The molecular weight excluding hydrogens is 258 g/mol. The van der Waals surface area contributed by atoms with Crippen molar-refractivity contribution in [1.29, 1.82) is 0 Å². The molecule has 0 spiro atoms. The van der Waals surface area contributed by atoms with Crippen LogP contribution in [0.2, 0.25) is 0 Å². The summed E-state index contributed by atoms with van der Waals surface area (Å²) in [6.45, 7) is 7.91. The van der Waals surface area contributed by atoms with E-state index < -0.39 is 0 Å². The van der Waals surface area contributed by atoms with E-state index in [9.17, 15) is 0 Å². The second-order valence-corrected chi connectivity index (χ2v) is 4.56. The fourth-order valence-electron chi connectivity index (χ4n) is 1.62. The van der Waals surface area contributed by atoms with E-state index in [2.05, 4.69) is 27.8 Å². The fourth-order valence-corrected chi connectivity index (χ4v) is 2.01. The molecule has 1 aliphatic heterocycles. The van der Waals surface area contributed by atoms with Crippen molar-refractivity contribution in [2.45, 2.75) is 25.9 Å². The average molecular weight is 280 g/mol. The molecule has 0 amide bonds. The second-order valence-electron chi connectivity index (χ2n) is 3.91. The van der Waals surface area contributed by atoms with Gasteiger partial charge in [0, 0.05) is 31.6 Å². The lowest BCUT2D eigenvalue weighted by Gasteiger charge is -2.31. The topological polar surface area (TPSA) is 21.7 Å². The fraction of sp³-hybridized carbons (Fsp3) is 1.00. The Kier molecular flexibility index (Phi) is 7.61. The SMILES string of the molecule is CCCCOCCN1CCOC(CBr)C1. The van der Waals surface area contributed by atoms with Gasteiger partial charge in [-0.1, -0.05) is 29.3 Å². The third-order valence-corrected chi connectivity index (χ3v) is 3.31. The Balaban J connectivity index is 2.00. The summed E-state index contributed by atoms with van der Waals surface area (Å²) >= 11 is 3.46. The number of unbranched alkanes of at least 4 members (excludes halogenated alkanes) is 1. The van der Waals surface area contributed by atoms with E-state index in [1.807, 2.05) is 0 Å². The van der Waals surface area contributed by atoms with E-state index in [1.165, 1.54) is 12.8 Å². The molecule has 90 valence electrons. The Bertz CT molecular complexity index is 158. The standard InChI is InChI=1S/C11H22BrNO2/c1-2-3-6-14-7-4-13-5-8-15-11(9-12)10-13/h11H,2-10H2,1H3. The van der Waals surface area contributed by atoms with E-state index in [4.69, 9.17) is 9.47 Å². The molecule has 1 heterocycles. The number of halogens is 1. The van der Waals surface area contributed by atoms with Crippen LogP contribution < -0.4 is 0 Å². The number of nitrogens with zero attached hydrogens (tertiary/aromatic N) is 1. The lowest BCUT2D eigenvalue weighted by atomic mass is 10.3. The Morgan fingerprint density at radius 2 is 2.33 bits per heavy atom. The number of ether oxygens (including phenoxy) is 2. The molecule has 1 unspecified atom stereocenters. The normalized spacial score (nSPS) is 23.2. The van der Waals surface area contributed by atoms with Gasteiger partial charge in [0.2, 0.25) is 0 Å². The average Bonchev–Trinajstić information content (AvgIpc) is 2.29. The minimum atomic E-state index is 0.356. The van der Waals surface area contributed by atoms with Crippen molar-refractivity contribution in [1.82, 2.24) is 4.90 Å². The number of hydrogen-bond acceptors (Lipinski definition) is 3. The molecule has 1 saturated heterocycles. The van der Waals surface area contributed by atoms with Crippen LogP contribution in [0.25, 0.3) is 0 Å². The molecule has 3 nitrogen and oxygen atoms in total. The Morgan fingerprint density at radius 1 is 1.47 bits per heavy atom. The zero-order chi connectivity index (χ0) is 10.9. The summed E-state index contributed by atoms with van der Waals surface area (Å²) in [4.78, 5) is 2.42. The highest BCUT2D eigenvalue weighted by Gasteiger charge is 2.18. The van der Waals surface area contributed by atoms with Gasteiger partial charge in [-0.05, 0) is 6.42 Å². The highest BCUT2D eigenvalue weighted by molar-refractivity contribution is 9.09. The zero-order valence-electron chi connectivity index (χ0n) is 9.58. The summed E-state index contributed by atoms with van der Waals surface area (Å²) in [5.74, 6) is 0. The molecule has 1 atom stereocenters. The Labute approximate surface area is 101 Å². The summed E-state index contributed by atoms with van der Waals surface area (Å²) in [6, 6.07) is 0. The van der Waals surface area contributed by atoms with Gasteiger partial charge in [0.15, 0.2) is 0 Å². The number of hydrogen-bond donors (Lipinski definition) is 0. The van der Waals surface area contributed by atoms with Crippen molar-refractivity contribution in [3.05, 3.63) is 0 Å². The van der Waals surface area contributed by atoms with Gasteiger partial charge < -0.3 is 9.47 Å². The van der Waals surface area contributed by atoms with Crippen LogP contribution in [-0.4, -0.2) is 55.8 Å². The van der Waals surface area contributed by atoms with Crippen molar-refractivity contribution >= 4 is 15.9 Å². The van der Waals surface area contributed by atoms with Gasteiger partial charge in [-0.2, -0.15) is 0 Å². The van der Waals surface area contributed by atoms with Crippen LogP contribution in [-0.2, 0) is 9.47 Å². The highest BCUT2D eigenvalue weighted by atomic mass is 79.9. The minimum absolute atomic E-state index is 0.356. The molecule has 0 aromatic heterocycles. The first-order chi connectivity index (χ1) is 7.36. The number of rotatable bonds is 7. The van der Waals surface area contributed by atoms with Crippen LogP contribution in [0, 0.1) is 0 Å². The van der Waals surface area contributed by atoms with E-state index in [0.29, 0.717) is 6.10 Å². The first-order valence-electron chi connectivity index (χ1n) is 5.84. The first kappa shape index (κ1) is 13.4. The van der Waals surface area contributed by atoms with Gasteiger partial charge in [0.1, 0.15) is 0 Å². The van der Waals surface area contributed by atoms with Crippen molar-refractivity contribution in [3.8, 4) is 0 Å². The highest BCUT2D eigenvalue weighted by Crippen LogP contribution is 2.07. The summed E-state index contributed by atoms with van der Waals surface area (Å²) < 4.78 is 11.1. The molecular formula is C11H22BrNO2. The molecule has 0 saturated carbocycles. The van der Waals surface area contributed by atoms with Crippen LogP contribution in [0.1, 0.15) is 19.8 Å². The lowest BCUT2D eigenvalue weighted by Crippen LogP contribution is -2.44. The van der Waals surface area contributed by atoms with Crippen molar-refractivity contribution in [3.63, 3.8) is 0 Å². The smallest absolute Gasteiger partial charge is 0.0799 e. The van der Waals surface area contributed by atoms with E-state index in [1.54, 1.807) is 0 Å². The van der Waals surface area contributed by atoms with Crippen LogP contribution >= 0.6 is 15.9 Å². The van der Waals surface area contributed by atoms with Crippen LogP contribution in [0.3, 0.4) is 0 Å². The zero-order valence-corrected chi connectivity index (χ0v) is 11.2. The maximum Gasteiger partial charge on any atom is 0.0799 e. The summed E-state index contributed by atoms with van der Waals surface area (Å²) in [5.41, 5.74) is 0. The molecule has 15 heavy (non-hydrogen) atoms. The molecule has 0 bridgehead atoms. The third-order valence-electron chi connectivity index (χ3n) is 2.59. The van der Waals surface area contributed by atoms with Crippen molar-refractivity contribution in [2.24, 2.45) is 0 Å². The molecule has 0 N–H and O–H groups in total. The molecule has 0 aromatic rings. The molecule has 0 aliphatic carbocycles. The van der Waals surface area contributed by atoms with Gasteiger partial charge >= 0.3 is 0 Å². The maximum absolute atomic E-state index is 5.57. The van der Waals surface area contributed by atoms with Gasteiger partial charge in [-0.15, -0.1) is 0 Å². The Morgan fingerprint density at radius 3 is 3.07 bits per heavy atom. The Hall–Kier alpha value is 0.360. The summed E-state index contributed by atoms with van der Waals surface area (Å²) in [6.07, 6.45) is 2.74. The summed E-state index contributed by atoms with van der Waals surface area (Å²) in [7, 11) is 0. The molecule has 0 aromatic carbocycles. The van der Waals surface area contributed by atoms with Gasteiger partial charge in [-0.25, -0.2) is 0 Å². The van der Waals surface area contributed by atoms with E-state index >= 15 is 0 Å². The third kappa shape index (κ3) is 5.85. The van der Waals surface area contributed by atoms with Crippen molar-refractivity contribution in [2.75, 3.05) is 44.8 Å². The van der Waals surface area contributed by atoms with Gasteiger partial charge in [0.05, 0.1) is 19.3 Å². The quantitative estimate of drug-likeness (QED) is 0.525. The molecule has 1 rings (SSSR count). The second kappa shape index (κ2) is 8.50.